The number of aromatic nitrogens is 3. The largest absolute Gasteiger partial charge is 0.506 e. The molecule has 1 unspecified atom stereocenters. The second-order valence-electron chi connectivity index (χ2n) is 9.34. The number of phenolic OH excluding ortho intramolecular Hbond substituents is 1. The Labute approximate surface area is 210 Å². The summed E-state index contributed by atoms with van der Waals surface area (Å²) in [4.78, 5) is 27.8. The van der Waals surface area contributed by atoms with E-state index in [9.17, 15) is 14.7 Å². The third kappa shape index (κ3) is 5.45. The maximum absolute atomic E-state index is 13.3. The smallest absolute Gasteiger partial charge is 0.258 e. The molecule has 186 valence electrons. The van der Waals surface area contributed by atoms with Crippen LogP contribution in [0, 0.1) is 5.92 Å². The average Bonchev–Trinajstić information content (AvgIpc) is 3.49. The zero-order valence-electron chi connectivity index (χ0n) is 20.5. The van der Waals surface area contributed by atoms with Crippen LogP contribution >= 0.6 is 11.8 Å². The molecule has 2 heterocycles. The number of carbonyl (C=O) groups is 2. The van der Waals surface area contributed by atoms with E-state index in [2.05, 4.69) is 33.9 Å². The van der Waals surface area contributed by atoms with Crippen LogP contribution in [0.15, 0.2) is 41.6 Å². The van der Waals surface area contributed by atoms with Gasteiger partial charge in [0.2, 0.25) is 5.91 Å². The van der Waals surface area contributed by atoms with Crippen molar-refractivity contribution in [3.63, 3.8) is 0 Å². The molecule has 2 amide bonds. The molecule has 8 nitrogen and oxygen atoms in total. The van der Waals surface area contributed by atoms with E-state index in [1.54, 1.807) is 28.8 Å². The lowest BCUT2D eigenvalue weighted by Crippen LogP contribution is -2.46. The van der Waals surface area contributed by atoms with Crippen LogP contribution < -0.4 is 5.32 Å². The predicted molar refractivity (Wildman–Crippen MR) is 138 cm³/mol. The number of rotatable bonds is 9. The first kappa shape index (κ1) is 25.0. The Kier molecular flexibility index (Phi) is 7.95. The molecule has 1 aromatic heterocycles. The van der Waals surface area contributed by atoms with E-state index < -0.39 is 6.04 Å². The Morgan fingerprint density at radius 1 is 1.20 bits per heavy atom. The number of phenols is 1. The third-order valence-electron chi connectivity index (χ3n) is 6.35. The molecule has 0 radical (unpaired) electrons. The highest BCUT2D eigenvalue weighted by molar-refractivity contribution is 7.98. The van der Waals surface area contributed by atoms with E-state index in [1.807, 2.05) is 30.5 Å². The van der Waals surface area contributed by atoms with E-state index in [-0.39, 0.29) is 23.1 Å². The predicted octanol–water partition coefficient (Wildman–Crippen LogP) is 3.87. The van der Waals surface area contributed by atoms with Crippen molar-refractivity contribution in [2.24, 2.45) is 5.92 Å². The van der Waals surface area contributed by atoms with Crippen LogP contribution in [0.3, 0.4) is 0 Å². The monoisotopic (exact) mass is 495 g/mol. The molecule has 2 aromatic carbocycles. The van der Waals surface area contributed by atoms with Crippen molar-refractivity contribution in [1.29, 1.82) is 0 Å². The number of thioether (sulfide) groups is 1. The van der Waals surface area contributed by atoms with Gasteiger partial charge < -0.3 is 19.9 Å². The first-order chi connectivity index (χ1) is 16.9. The summed E-state index contributed by atoms with van der Waals surface area (Å²) >= 11 is 1.59. The minimum atomic E-state index is -0.527. The lowest BCUT2D eigenvalue weighted by molar-refractivity contribution is -0.124. The Morgan fingerprint density at radius 3 is 2.77 bits per heavy atom. The van der Waals surface area contributed by atoms with Gasteiger partial charge in [-0.25, -0.2) is 0 Å². The normalized spacial score (nSPS) is 15.8. The van der Waals surface area contributed by atoms with Gasteiger partial charge in [-0.2, -0.15) is 0 Å². The summed E-state index contributed by atoms with van der Waals surface area (Å²) in [5.74, 6) is 0.932. The molecule has 1 fully saturated rings. The van der Waals surface area contributed by atoms with Crippen LogP contribution in [-0.4, -0.2) is 62.0 Å². The maximum Gasteiger partial charge on any atom is 0.258 e. The summed E-state index contributed by atoms with van der Waals surface area (Å²) in [6, 6.07) is 10.3. The molecule has 0 bridgehead atoms. The molecule has 0 saturated carbocycles. The number of hydrogen-bond donors (Lipinski definition) is 2. The number of likely N-dealkylation sites (tertiary alicyclic amines) is 1. The first-order valence-corrected chi connectivity index (χ1v) is 13.4. The molecule has 4 rings (SSSR count). The molecule has 0 aliphatic carbocycles. The van der Waals surface area contributed by atoms with Gasteiger partial charge >= 0.3 is 0 Å². The van der Waals surface area contributed by atoms with Gasteiger partial charge in [0, 0.05) is 31.4 Å². The highest BCUT2D eigenvalue weighted by Crippen LogP contribution is 2.31. The molecular weight excluding hydrogens is 462 g/mol. The van der Waals surface area contributed by atoms with Crippen molar-refractivity contribution in [2.45, 2.75) is 57.3 Å². The summed E-state index contributed by atoms with van der Waals surface area (Å²) in [6.07, 6.45) is 4.83. The standard InChI is InChI=1S/C26H33N5O3S/c1-17(2)16-31-22(28-29-26(31)35-3)11-6-14-27-24(33)21-10-7-15-30(21)25(34)20-13-12-18-8-4-5-9-19(18)23(20)32/h4-5,8-9,12-13,17,21,32H,6-7,10-11,14-16H2,1-3H3,(H,27,33). The molecule has 1 aliphatic heterocycles. The summed E-state index contributed by atoms with van der Waals surface area (Å²) < 4.78 is 2.16. The second kappa shape index (κ2) is 11.1. The van der Waals surface area contributed by atoms with Crippen molar-refractivity contribution in [3.05, 3.63) is 47.8 Å². The minimum Gasteiger partial charge on any atom is -0.506 e. The Hall–Kier alpha value is -3.07. The van der Waals surface area contributed by atoms with Gasteiger partial charge in [0.15, 0.2) is 5.16 Å². The molecular formula is C26H33N5O3S. The van der Waals surface area contributed by atoms with Crippen molar-refractivity contribution in [2.75, 3.05) is 19.3 Å². The Balaban J connectivity index is 1.36. The molecule has 2 N–H and O–H groups in total. The minimum absolute atomic E-state index is 0.0331. The highest BCUT2D eigenvalue weighted by Gasteiger charge is 2.35. The van der Waals surface area contributed by atoms with Gasteiger partial charge in [-0.1, -0.05) is 55.9 Å². The van der Waals surface area contributed by atoms with Gasteiger partial charge in [0.25, 0.3) is 5.91 Å². The number of aryl methyl sites for hydroxylation is 1. The van der Waals surface area contributed by atoms with E-state index in [0.717, 1.165) is 42.2 Å². The number of benzene rings is 2. The van der Waals surface area contributed by atoms with Crippen molar-refractivity contribution < 1.29 is 14.7 Å². The van der Waals surface area contributed by atoms with Gasteiger partial charge in [0.05, 0.1) is 5.56 Å². The number of nitrogens with zero attached hydrogens (tertiary/aromatic N) is 4. The zero-order chi connectivity index (χ0) is 24.9. The third-order valence-corrected chi connectivity index (χ3v) is 7.01. The topological polar surface area (TPSA) is 100 Å². The fourth-order valence-electron chi connectivity index (χ4n) is 4.64. The Morgan fingerprint density at radius 2 is 2.00 bits per heavy atom. The van der Waals surface area contributed by atoms with Crippen molar-refractivity contribution in [1.82, 2.24) is 25.0 Å². The van der Waals surface area contributed by atoms with Crippen LogP contribution in [-0.2, 0) is 17.8 Å². The van der Waals surface area contributed by atoms with Crippen molar-refractivity contribution in [3.8, 4) is 5.75 Å². The van der Waals surface area contributed by atoms with Crippen LogP contribution in [0.4, 0.5) is 0 Å². The molecule has 0 spiro atoms. The van der Waals surface area contributed by atoms with Crippen molar-refractivity contribution >= 4 is 34.3 Å². The Bertz CT molecular complexity index is 1210. The molecule has 3 aromatic rings. The summed E-state index contributed by atoms with van der Waals surface area (Å²) in [5, 5.41) is 24.7. The average molecular weight is 496 g/mol. The number of carbonyl (C=O) groups excluding carboxylic acids is 2. The highest BCUT2D eigenvalue weighted by atomic mass is 32.2. The molecule has 1 atom stereocenters. The molecule has 1 aliphatic rings. The fraction of sp³-hybridized carbons (Fsp3) is 0.462. The van der Waals surface area contributed by atoms with Gasteiger partial charge in [-0.15, -0.1) is 10.2 Å². The van der Waals surface area contributed by atoms with E-state index in [1.165, 1.54) is 0 Å². The number of nitrogens with one attached hydrogen (secondary N) is 1. The number of amides is 2. The lowest BCUT2D eigenvalue weighted by Gasteiger charge is -2.24. The summed E-state index contributed by atoms with van der Waals surface area (Å²) in [6.45, 7) is 6.20. The molecule has 9 heteroatoms. The van der Waals surface area contributed by atoms with Crippen LogP contribution in [0.5, 0.6) is 5.75 Å². The number of hydrogen-bond acceptors (Lipinski definition) is 6. The SMILES string of the molecule is CSc1nnc(CCCNC(=O)C2CCCN2C(=O)c2ccc3ccccc3c2O)n1CC(C)C. The van der Waals surface area contributed by atoms with E-state index >= 15 is 0 Å². The quantitative estimate of drug-likeness (QED) is 0.345. The number of aromatic hydroxyl groups is 1. The fourth-order valence-corrected chi connectivity index (χ4v) is 5.17. The summed E-state index contributed by atoms with van der Waals surface area (Å²) in [7, 11) is 0. The van der Waals surface area contributed by atoms with Crippen LogP contribution in [0.2, 0.25) is 0 Å². The second-order valence-corrected chi connectivity index (χ2v) is 10.1. The van der Waals surface area contributed by atoms with Crippen LogP contribution in [0.25, 0.3) is 10.8 Å². The zero-order valence-corrected chi connectivity index (χ0v) is 21.3. The maximum atomic E-state index is 13.3. The molecule has 35 heavy (non-hydrogen) atoms. The number of fused-ring (bicyclic) bond motifs is 1. The van der Waals surface area contributed by atoms with Gasteiger partial charge in [-0.3, -0.25) is 9.59 Å². The van der Waals surface area contributed by atoms with Gasteiger partial charge in [-0.05, 0) is 42.9 Å². The summed E-state index contributed by atoms with van der Waals surface area (Å²) in [5.41, 5.74) is 0.234. The molecule has 1 saturated heterocycles. The van der Waals surface area contributed by atoms with Gasteiger partial charge in [0.1, 0.15) is 17.6 Å². The lowest BCUT2D eigenvalue weighted by atomic mass is 10.0. The van der Waals surface area contributed by atoms with E-state index in [4.69, 9.17) is 0 Å². The van der Waals surface area contributed by atoms with Crippen LogP contribution in [0.1, 0.15) is 49.3 Å². The van der Waals surface area contributed by atoms with E-state index in [0.29, 0.717) is 30.8 Å². The first-order valence-electron chi connectivity index (χ1n) is 12.2.